The van der Waals surface area contributed by atoms with Gasteiger partial charge in [-0.3, -0.25) is 0 Å². The highest BCUT2D eigenvalue weighted by Crippen LogP contribution is 1.60. The second kappa shape index (κ2) is 9.34. The third-order valence-electron chi connectivity index (χ3n) is 0.175. The smallest absolute Gasteiger partial charge is 0.450 e. The Kier molecular flexibility index (Phi) is 11.7. The number of carboxylic acid groups (broad SMARTS) is 1. The maximum atomic E-state index is 10.1. The molecule has 48 valence electrons. The van der Waals surface area contributed by atoms with Gasteiger partial charge >= 0.3 is 6.16 Å². The average molecular weight is 122 g/mol. The number of hydrogen-bond donors (Lipinski definition) is 1. The van der Waals surface area contributed by atoms with Crippen molar-refractivity contribution in [3.05, 3.63) is 12.9 Å². The van der Waals surface area contributed by atoms with Crippen LogP contribution < -0.4 is 0 Å². The van der Waals surface area contributed by atoms with Gasteiger partial charge < -0.3 is 9.84 Å². The summed E-state index contributed by atoms with van der Waals surface area (Å²) in [5.74, 6) is 0. The second-order valence-electron chi connectivity index (χ2n) is 0.624. The molecule has 0 aromatic carbocycles. The van der Waals surface area contributed by atoms with Crippen LogP contribution in [0, 0.1) is 0 Å². The van der Waals surface area contributed by atoms with E-state index in [4.69, 9.17) is 9.90 Å². The Labute approximate surface area is 46.4 Å². The number of carbonyl (C=O) groups is 1. The molecule has 0 saturated carbocycles. The highest BCUT2D eigenvalue weighted by molar-refractivity contribution is 5.56. The lowest BCUT2D eigenvalue weighted by molar-refractivity contribution is 0.114. The monoisotopic (exact) mass is 122 g/mol. The Balaban J connectivity index is 0. The molecule has 0 spiro atoms. The first-order chi connectivity index (χ1) is 3.68. The van der Waals surface area contributed by atoms with E-state index in [9.17, 15) is 4.39 Å². The van der Waals surface area contributed by atoms with Crippen LogP contribution in [0.15, 0.2) is 12.9 Å². The molecule has 0 aliphatic carbocycles. The molecule has 0 aliphatic rings. The zero-order valence-electron chi connectivity index (χ0n) is 4.43. The molecule has 0 aromatic heterocycles. The molecule has 0 radical (unpaired) electrons. The van der Waals surface area contributed by atoms with Crippen molar-refractivity contribution in [2.24, 2.45) is 0 Å². The van der Waals surface area contributed by atoms with Gasteiger partial charge in [0.2, 0.25) is 0 Å². The molecule has 0 aliphatic heterocycles. The van der Waals surface area contributed by atoms with E-state index in [0.29, 0.717) is 0 Å². The number of halogens is 1. The Morgan fingerprint density at radius 2 is 2.12 bits per heavy atom. The summed E-state index contributed by atoms with van der Waals surface area (Å²) >= 11 is 0. The Morgan fingerprint density at radius 1 is 2.00 bits per heavy atom. The lowest BCUT2D eigenvalue weighted by atomic mass is 11.2. The van der Waals surface area contributed by atoms with E-state index in [1.165, 1.54) is 0 Å². The van der Waals surface area contributed by atoms with Crippen LogP contribution in [0.2, 0.25) is 0 Å². The fourth-order valence-electron chi connectivity index (χ4n) is 0. The van der Waals surface area contributed by atoms with Gasteiger partial charge in [-0.15, -0.1) is 0 Å². The quantitative estimate of drug-likeness (QED) is 0.494. The van der Waals surface area contributed by atoms with Crippen molar-refractivity contribution >= 4 is 6.16 Å². The first-order valence-electron chi connectivity index (χ1n) is 1.67. The lowest BCUT2D eigenvalue weighted by Crippen LogP contribution is -1.91. The normalized spacial score (nSPS) is 5.75. The van der Waals surface area contributed by atoms with Gasteiger partial charge in [-0.2, -0.15) is 0 Å². The largest absolute Gasteiger partial charge is 0.505 e. The number of hydrogen-bond acceptors (Lipinski definition) is 2. The van der Waals surface area contributed by atoms with Gasteiger partial charge in [-0.25, -0.2) is 9.18 Å². The molecule has 0 saturated heterocycles. The van der Waals surface area contributed by atoms with Gasteiger partial charge in [-0.1, -0.05) is 6.58 Å². The molecule has 0 aromatic rings. The molecular formula is C4H7FO3. The first-order valence-corrected chi connectivity index (χ1v) is 1.67. The molecule has 0 amide bonds. The summed E-state index contributed by atoms with van der Waals surface area (Å²) in [4.78, 5) is 9.15. The van der Waals surface area contributed by atoms with E-state index in [-0.39, 0.29) is 6.33 Å². The van der Waals surface area contributed by atoms with Crippen LogP contribution in [0.1, 0.15) is 0 Å². The lowest BCUT2D eigenvalue weighted by Gasteiger charge is -1.79. The summed E-state index contributed by atoms with van der Waals surface area (Å²) < 4.78 is 13.7. The molecule has 0 bridgehead atoms. The number of rotatable bonds is 0. The topological polar surface area (TPSA) is 46.5 Å². The fraction of sp³-hybridized carbons (Fsp3) is 0.250. The van der Waals surface area contributed by atoms with Crippen molar-refractivity contribution in [3.8, 4) is 0 Å². The minimum absolute atomic E-state index is 0.250. The summed E-state index contributed by atoms with van der Waals surface area (Å²) in [6.07, 6.45) is -0.995. The van der Waals surface area contributed by atoms with E-state index in [1.54, 1.807) is 0 Å². The predicted molar refractivity (Wildman–Crippen MR) is 26.3 cm³/mol. The van der Waals surface area contributed by atoms with E-state index in [1.807, 2.05) is 0 Å². The highest BCUT2D eigenvalue weighted by atomic mass is 19.1. The van der Waals surface area contributed by atoms with Crippen molar-refractivity contribution in [3.63, 3.8) is 0 Å². The van der Waals surface area contributed by atoms with Crippen molar-refractivity contribution in [1.82, 2.24) is 0 Å². The third-order valence-corrected chi connectivity index (χ3v) is 0.175. The number of methoxy groups -OCH3 is 1. The maximum Gasteiger partial charge on any atom is 0.505 e. The molecule has 0 atom stereocenters. The van der Waals surface area contributed by atoms with Gasteiger partial charge in [0.05, 0.1) is 13.4 Å². The van der Waals surface area contributed by atoms with Gasteiger partial charge in [0.1, 0.15) is 0 Å². The van der Waals surface area contributed by atoms with E-state index in [0.717, 1.165) is 7.11 Å². The fourth-order valence-corrected chi connectivity index (χ4v) is 0. The van der Waals surface area contributed by atoms with Gasteiger partial charge in [0, 0.05) is 0 Å². The molecule has 0 heterocycles. The molecule has 0 rings (SSSR count). The molecule has 8 heavy (non-hydrogen) atoms. The SMILES string of the molecule is C=CF.COC(=O)O. The van der Waals surface area contributed by atoms with Crippen molar-refractivity contribution in [2.45, 2.75) is 0 Å². The van der Waals surface area contributed by atoms with Crippen LogP contribution in [-0.2, 0) is 4.74 Å². The van der Waals surface area contributed by atoms with Gasteiger partial charge in [0.25, 0.3) is 0 Å². The first kappa shape index (κ1) is 10.0. The number of ether oxygens (including phenoxy) is 1. The predicted octanol–water partition coefficient (Wildman–Crippen LogP) is 1.41. The van der Waals surface area contributed by atoms with Gasteiger partial charge in [0.15, 0.2) is 0 Å². The van der Waals surface area contributed by atoms with Crippen LogP contribution in [0.25, 0.3) is 0 Å². The molecule has 3 nitrogen and oxygen atoms in total. The Bertz CT molecular complexity index is 71.7. The van der Waals surface area contributed by atoms with Crippen LogP contribution in [0.5, 0.6) is 0 Å². The highest BCUT2D eigenvalue weighted by Gasteiger charge is 1.80. The molecule has 1 N–H and O–H groups in total. The summed E-state index contributed by atoms with van der Waals surface area (Å²) in [7, 11) is 1.10. The molecular weight excluding hydrogens is 115 g/mol. The summed E-state index contributed by atoms with van der Waals surface area (Å²) in [5.41, 5.74) is 0. The maximum absolute atomic E-state index is 10.1. The average Bonchev–Trinajstić information content (AvgIpc) is 1.69. The molecule has 0 fully saturated rings. The third kappa shape index (κ3) is 86.8. The molecule has 0 unspecified atom stereocenters. The Hall–Kier alpha value is -1.06. The van der Waals surface area contributed by atoms with E-state index < -0.39 is 6.16 Å². The van der Waals surface area contributed by atoms with Gasteiger partial charge in [-0.05, 0) is 0 Å². The standard InChI is InChI=1S/C2H3F.C2H4O3/c1-2-3;1-5-2(3)4/h2H,1H2;1H3,(H,3,4). The summed E-state index contributed by atoms with van der Waals surface area (Å²) in [5, 5.41) is 7.50. The Morgan fingerprint density at radius 3 is 2.12 bits per heavy atom. The van der Waals surface area contributed by atoms with Crippen LogP contribution in [0.4, 0.5) is 9.18 Å². The second-order valence-corrected chi connectivity index (χ2v) is 0.624. The van der Waals surface area contributed by atoms with Crippen molar-refractivity contribution in [1.29, 1.82) is 0 Å². The van der Waals surface area contributed by atoms with Crippen LogP contribution in [0.3, 0.4) is 0 Å². The van der Waals surface area contributed by atoms with Crippen molar-refractivity contribution in [2.75, 3.05) is 7.11 Å². The molecule has 4 heteroatoms. The van der Waals surface area contributed by atoms with Crippen molar-refractivity contribution < 1.29 is 19.0 Å². The van der Waals surface area contributed by atoms with E-state index in [2.05, 4.69) is 11.3 Å². The van der Waals surface area contributed by atoms with Crippen LogP contribution in [-0.4, -0.2) is 18.4 Å². The summed E-state index contributed by atoms with van der Waals surface area (Å²) in [6, 6.07) is 0. The zero-order chi connectivity index (χ0) is 6.99. The minimum Gasteiger partial charge on any atom is -0.450 e. The minimum atomic E-state index is -1.25. The zero-order valence-corrected chi connectivity index (χ0v) is 4.43. The van der Waals surface area contributed by atoms with Crippen LogP contribution >= 0.6 is 0 Å². The van der Waals surface area contributed by atoms with E-state index >= 15 is 0 Å². The summed E-state index contributed by atoms with van der Waals surface area (Å²) in [6.45, 7) is 2.69.